The fraction of sp³-hybridized carbons (Fsp3) is 0.474. The molecule has 1 aliphatic carbocycles. The number of amides is 2. The number of aromatic nitrogens is 1. The van der Waals surface area contributed by atoms with Gasteiger partial charge in [0.25, 0.3) is 5.91 Å². The third-order valence-corrected chi connectivity index (χ3v) is 6.06. The maximum Gasteiger partial charge on any atom is 0.271 e. The lowest BCUT2D eigenvalue weighted by Gasteiger charge is -2.29. The third-order valence-electron chi connectivity index (χ3n) is 6.06. The van der Waals surface area contributed by atoms with Crippen LogP contribution in [0.25, 0.3) is 10.9 Å². The van der Waals surface area contributed by atoms with Crippen LogP contribution in [0.2, 0.25) is 0 Å². The lowest BCUT2D eigenvalue weighted by molar-refractivity contribution is -0.125. The van der Waals surface area contributed by atoms with Crippen LogP contribution in [0, 0.1) is 17.3 Å². The number of nitrogens with one attached hydrogen (secondary N) is 2. The fourth-order valence-corrected chi connectivity index (χ4v) is 4.52. The molecular formula is C19H23N3O3. The van der Waals surface area contributed by atoms with Crippen molar-refractivity contribution in [1.29, 1.82) is 0 Å². The summed E-state index contributed by atoms with van der Waals surface area (Å²) >= 11 is 0. The molecule has 0 bridgehead atoms. The monoisotopic (exact) mass is 341 g/mol. The summed E-state index contributed by atoms with van der Waals surface area (Å²) in [5, 5.41) is 3.59. The molecule has 2 aliphatic rings. The zero-order valence-electron chi connectivity index (χ0n) is 14.9. The van der Waals surface area contributed by atoms with Crippen LogP contribution in [0.4, 0.5) is 0 Å². The Bertz CT molecular complexity index is 870. The van der Waals surface area contributed by atoms with Crippen molar-refractivity contribution in [3.8, 4) is 5.75 Å². The number of piperidine rings is 1. The molecular weight excluding hydrogens is 318 g/mol. The second-order valence-electron chi connectivity index (χ2n) is 7.57. The Kier molecular flexibility index (Phi) is 3.36. The number of rotatable bonds is 3. The van der Waals surface area contributed by atoms with Crippen LogP contribution in [-0.2, 0) is 4.79 Å². The van der Waals surface area contributed by atoms with Gasteiger partial charge >= 0.3 is 0 Å². The van der Waals surface area contributed by atoms with Gasteiger partial charge in [-0.25, -0.2) is 0 Å². The third kappa shape index (κ3) is 2.16. The first-order chi connectivity index (χ1) is 11.9. The van der Waals surface area contributed by atoms with E-state index in [1.807, 2.05) is 24.3 Å². The predicted molar refractivity (Wildman–Crippen MR) is 94.5 cm³/mol. The number of H-pyrrole nitrogens is 1. The quantitative estimate of drug-likeness (QED) is 0.897. The Morgan fingerprint density at radius 3 is 2.80 bits per heavy atom. The molecule has 6 nitrogen and oxygen atoms in total. The largest absolute Gasteiger partial charge is 0.496 e. The molecule has 25 heavy (non-hydrogen) atoms. The van der Waals surface area contributed by atoms with Gasteiger partial charge in [0.1, 0.15) is 17.5 Å². The highest BCUT2D eigenvalue weighted by Crippen LogP contribution is 2.64. The van der Waals surface area contributed by atoms with Crippen molar-refractivity contribution in [1.82, 2.24) is 15.2 Å². The summed E-state index contributed by atoms with van der Waals surface area (Å²) in [5.41, 5.74) is 1.47. The average molecular weight is 341 g/mol. The molecule has 2 fully saturated rings. The Labute approximate surface area is 146 Å². The van der Waals surface area contributed by atoms with Gasteiger partial charge in [0.05, 0.1) is 7.11 Å². The first kappa shape index (κ1) is 16.0. The van der Waals surface area contributed by atoms with E-state index in [4.69, 9.17) is 4.74 Å². The summed E-state index contributed by atoms with van der Waals surface area (Å²) in [4.78, 5) is 30.4. The highest BCUT2D eigenvalue weighted by atomic mass is 16.5. The van der Waals surface area contributed by atoms with Crippen molar-refractivity contribution < 1.29 is 14.3 Å². The molecule has 1 aromatic carbocycles. The summed E-state index contributed by atoms with van der Waals surface area (Å²) in [6.45, 7) is 4.98. The Morgan fingerprint density at radius 1 is 1.36 bits per heavy atom. The van der Waals surface area contributed by atoms with Gasteiger partial charge in [-0.1, -0.05) is 19.9 Å². The summed E-state index contributed by atoms with van der Waals surface area (Å²) in [6, 6.07) is 7.07. The summed E-state index contributed by atoms with van der Waals surface area (Å²) < 4.78 is 5.37. The topological polar surface area (TPSA) is 74.4 Å². The van der Waals surface area contributed by atoms with E-state index in [0.717, 1.165) is 16.7 Å². The molecule has 2 aromatic rings. The lowest BCUT2D eigenvalue weighted by Crippen LogP contribution is -2.49. The van der Waals surface area contributed by atoms with E-state index < -0.39 is 6.04 Å². The molecule has 3 atom stereocenters. The molecule has 1 saturated heterocycles. The molecule has 4 rings (SSSR count). The number of benzene rings is 1. The Morgan fingerprint density at radius 2 is 2.12 bits per heavy atom. The van der Waals surface area contributed by atoms with Crippen LogP contribution in [-0.4, -0.2) is 48.4 Å². The van der Waals surface area contributed by atoms with Gasteiger partial charge in [-0.05, 0) is 35.4 Å². The van der Waals surface area contributed by atoms with Gasteiger partial charge in [-0.3, -0.25) is 9.59 Å². The van der Waals surface area contributed by atoms with Crippen LogP contribution >= 0.6 is 0 Å². The highest BCUT2D eigenvalue weighted by Gasteiger charge is 2.69. The van der Waals surface area contributed by atoms with Crippen LogP contribution in [0.3, 0.4) is 0 Å². The zero-order chi connectivity index (χ0) is 17.9. The summed E-state index contributed by atoms with van der Waals surface area (Å²) in [5.74, 6) is 1.13. The van der Waals surface area contributed by atoms with E-state index in [-0.39, 0.29) is 23.1 Å². The molecule has 2 N–H and O–H groups in total. The molecule has 1 aliphatic heterocycles. The number of fused-ring (bicyclic) bond motifs is 2. The first-order valence-electron chi connectivity index (χ1n) is 8.58. The van der Waals surface area contributed by atoms with Crippen LogP contribution < -0.4 is 10.1 Å². The van der Waals surface area contributed by atoms with Crippen molar-refractivity contribution in [2.24, 2.45) is 17.3 Å². The van der Waals surface area contributed by atoms with Gasteiger partial charge < -0.3 is 19.9 Å². The van der Waals surface area contributed by atoms with E-state index in [0.29, 0.717) is 18.2 Å². The van der Waals surface area contributed by atoms with Gasteiger partial charge in [0.2, 0.25) is 5.91 Å². The van der Waals surface area contributed by atoms with Gasteiger partial charge in [-0.2, -0.15) is 0 Å². The Balaban J connectivity index is 1.68. The number of nitrogens with zero attached hydrogens (tertiary/aromatic N) is 1. The predicted octanol–water partition coefficient (Wildman–Crippen LogP) is 2.02. The summed E-state index contributed by atoms with van der Waals surface area (Å²) in [6.07, 6.45) is 0. The highest BCUT2D eigenvalue weighted by molar-refractivity contribution is 6.02. The fourth-order valence-electron chi connectivity index (χ4n) is 4.52. The smallest absolute Gasteiger partial charge is 0.271 e. The average Bonchev–Trinajstić information content (AvgIpc) is 3.02. The first-order valence-corrected chi connectivity index (χ1v) is 8.58. The number of carbonyl (C=O) groups excluding carboxylic acids is 2. The van der Waals surface area contributed by atoms with Crippen LogP contribution in [0.15, 0.2) is 24.3 Å². The lowest BCUT2D eigenvalue weighted by atomic mass is 10.00. The molecule has 2 heterocycles. The number of ether oxygens (including phenoxy) is 1. The Hall–Kier alpha value is -2.50. The SMILES string of the molecule is CNC(=O)[C@@H]1[C@@H]2[C@H](CN1C(=O)c1cc3c(OC)cccc3[nH]1)C2(C)C. The van der Waals surface area contributed by atoms with Crippen LogP contribution in [0.1, 0.15) is 24.3 Å². The maximum absolute atomic E-state index is 13.1. The normalized spacial score (nSPS) is 26.4. The van der Waals surface area contributed by atoms with Crippen molar-refractivity contribution >= 4 is 22.7 Å². The molecule has 1 aromatic heterocycles. The van der Waals surface area contributed by atoms with E-state index in [1.165, 1.54) is 0 Å². The zero-order valence-corrected chi connectivity index (χ0v) is 14.9. The molecule has 0 unspecified atom stereocenters. The van der Waals surface area contributed by atoms with E-state index in [9.17, 15) is 9.59 Å². The molecule has 6 heteroatoms. The molecule has 0 radical (unpaired) electrons. The van der Waals surface area contributed by atoms with Crippen molar-refractivity contribution in [2.45, 2.75) is 19.9 Å². The van der Waals surface area contributed by atoms with Gasteiger partial charge in [0, 0.05) is 24.5 Å². The number of aromatic amines is 1. The molecule has 2 amide bonds. The van der Waals surface area contributed by atoms with E-state index in [1.54, 1.807) is 19.1 Å². The standard InChI is InChI=1S/C19H23N3O3/c1-19(2)11-9-22(16(15(11)19)17(23)20-3)18(24)13-8-10-12(21-13)6-5-7-14(10)25-4/h5-8,11,15-16,21H,9H2,1-4H3,(H,20,23)/t11-,15-,16-/m0/s1. The number of carbonyl (C=O) groups is 2. The molecule has 1 saturated carbocycles. The number of hydrogen-bond acceptors (Lipinski definition) is 3. The number of hydrogen-bond donors (Lipinski definition) is 2. The van der Waals surface area contributed by atoms with Crippen molar-refractivity contribution in [2.75, 3.05) is 20.7 Å². The minimum absolute atomic E-state index is 0.0832. The van der Waals surface area contributed by atoms with E-state index in [2.05, 4.69) is 24.1 Å². The van der Waals surface area contributed by atoms with Gasteiger partial charge in [-0.15, -0.1) is 0 Å². The second-order valence-corrected chi connectivity index (χ2v) is 7.57. The van der Waals surface area contributed by atoms with Crippen LogP contribution in [0.5, 0.6) is 5.75 Å². The molecule has 132 valence electrons. The molecule has 0 spiro atoms. The van der Waals surface area contributed by atoms with Gasteiger partial charge in [0.15, 0.2) is 0 Å². The van der Waals surface area contributed by atoms with Crippen molar-refractivity contribution in [3.05, 3.63) is 30.0 Å². The summed E-state index contributed by atoms with van der Waals surface area (Å²) in [7, 11) is 3.24. The minimum Gasteiger partial charge on any atom is -0.496 e. The van der Waals surface area contributed by atoms with E-state index >= 15 is 0 Å². The van der Waals surface area contributed by atoms with Crippen molar-refractivity contribution in [3.63, 3.8) is 0 Å². The maximum atomic E-state index is 13.1. The number of likely N-dealkylation sites (N-methyl/N-ethyl adjacent to an activating group) is 1. The number of methoxy groups -OCH3 is 1. The minimum atomic E-state index is -0.397. The second kappa shape index (κ2) is 5.25. The number of likely N-dealkylation sites (tertiary alicyclic amines) is 1.